The molecule has 0 radical (unpaired) electrons. The molecule has 3 N–H and O–H groups in total. The number of aromatic carboxylic acids is 1. The first-order valence-electron chi connectivity index (χ1n) is 5.77. The molecule has 7 nitrogen and oxygen atoms in total. The zero-order valence-electron chi connectivity index (χ0n) is 10.7. The van der Waals surface area contributed by atoms with E-state index in [-0.39, 0.29) is 30.6 Å². The van der Waals surface area contributed by atoms with E-state index in [0.717, 1.165) is 16.7 Å². The van der Waals surface area contributed by atoms with Gasteiger partial charge in [-0.3, -0.25) is 9.59 Å². The Kier molecular flexibility index (Phi) is 4.68. The molecule has 104 valence electrons. The normalized spacial score (nSPS) is 10.5. The average molecular weight is 268 g/mol. The van der Waals surface area contributed by atoms with Gasteiger partial charge in [-0.2, -0.15) is 0 Å². The molecule has 0 aliphatic carbocycles. The van der Waals surface area contributed by atoms with Crippen LogP contribution in [0.2, 0.25) is 0 Å². The Morgan fingerprint density at radius 3 is 2.53 bits per heavy atom. The van der Waals surface area contributed by atoms with Gasteiger partial charge < -0.3 is 20.1 Å². The molecule has 0 saturated heterocycles. The summed E-state index contributed by atoms with van der Waals surface area (Å²) >= 11 is 0. The van der Waals surface area contributed by atoms with Crippen molar-refractivity contribution in [2.75, 3.05) is 0 Å². The number of carboxylic acids is 1. The summed E-state index contributed by atoms with van der Waals surface area (Å²) in [6, 6.07) is 1.86. The lowest BCUT2D eigenvalue weighted by Gasteiger charge is -2.11. The van der Waals surface area contributed by atoms with E-state index in [0.29, 0.717) is 0 Å². The van der Waals surface area contributed by atoms with Crippen LogP contribution in [0, 0.1) is 0 Å². The number of rotatable bonds is 5. The molecule has 0 fully saturated rings. The number of carbonyl (C=O) groups is 2. The van der Waals surface area contributed by atoms with E-state index in [9.17, 15) is 19.5 Å². The quantitative estimate of drug-likeness (QED) is 0.705. The Labute approximate surface area is 109 Å². The molecule has 0 aliphatic heterocycles. The number of hydrogen-bond acceptors (Lipinski definition) is 4. The number of carboxylic acid groups (broad SMARTS) is 1. The molecular formula is C12H16N2O5. The molecule has 0 unspecified atom stereocenters. The van der Waals surface area contributed by atoms with Gasteiger partial charge in [-0.15, -0.1) is 0 Å². The number of hydrogen-bond donors (Lipinski definition) is 3. The van der Waals surface area contributed by atoms with E-state index in [1.165, 1.54) is 0 Å². The summed E-state index contributed by atoms with van der Waals surface area (Å²) in [5, 5.41) is 20.8. The van der Waals surface area contributed by atoms with Gasteiger partial charge >= 0.3 is 5.97 Å². The van der Waals surface area contributed by atoms with Gasteiger partial charge in [-0.1, -0.05) is 0 Å². The van der Waals surface area contributed by atoms with Crippen LogP contribution in [0.5, 0.6) is 5.75 Å². The first-order chi connectivity index (χ1) is 8.81. The van der Waals surface area contributed by atoms with Gasteiger partial charge in [0.05, 0.1) is 0 Å². The fourth-order valence-corrected chi connectivity index (χ4v) is 1.60. The monoisotopic (exact) mass is 268 g/mol. The fourth-order valence-electron chi connectivity index (χ4n) is 1.60. The van der Waals surface area contributed by atoms with Gasteiger partial charge in [0.1, 0.15) is 11.4 Å². The second-order valence-corrected chi connectivity index (χ2v) is 4.37. The van der Waals surface area contributed by atoms with Crippen LogP contribution >= 0.6 is 0 Å². The van der Waals surface area contributed by atoms with Gasteiger partial charge in [0.2, 0.25) is 5.91 Å². The van der Waals surface area contributed by atoms with Crippen LogP contribution in [0.15, 0.2) is 16.9 Å². The van der Waals surface area contributed by atoms with Crippen LogP contribution in [0.4, 0.5) is 0 Å². The van der Waals surface area contributed by atoms with Gasteiger partial charge in [0.25, 0.3) is 5.56 Å². The highest BCUT2D eigenvalue weighted by atomic mass is 16.4. The number of pyridine rings is 1. The molecule has 0 atom stereocenters. The summed E-state index contributed by atoms with van der Waals surface area (Å²) in [4.78, 5) is 34.0. The maximum atomic E-state index is 11.6. The van der Waals surface area contributed by atoms with Crippen LogP contribution in [0.1, 0.15) is 30.8 Å². The highest BCUT2D eigenvalue weighted by Gasteiger charge is 2.14. The molecule has 1 aromatic rings. The summed E-state index contributed by atoms with van der Waals surface area (Å²) in [5.74, 6) is -2.02. The predicted octanol–water partition coefficient (Wildman–Crippen LogP) is 0.167. The number of aromatic nitrogens is 1. The molecule has 0 bridgehead atoms. The second kappa shape index (κ2) is 6.03. The number of nitrogens with zero attached hydrogens (tertiary/aromatic N) is 1. The van der Waals surface area contributed by atoms with Crippen LogP contribution in [0.25, 0.3) is 0 Å². The Morgan fingerprint density at radius 1 is 1.37 bits per heavy atom. The molecular weight excluding hydrogens is 252 g/mol. The van der Waals surface area contributed by atoms with Crippen molar-refractivity contribution in [3.8, 4) is 5.75 Å². The van der Waals surface area contributed by atoms with Crippen molar-refractivity contribution < 1.29 is 19.8 Å². The lowest BCUT2D eigenvalue weighted by atomic mass is 10.3. The zero-order valence-corrected chi connectivity index (χ0v) is 10.7. The average Bonchev–Trinajstić information content (AvgIpc) is 2.25. The highest BCUT2D eigenvalue weighted by molar-refractivity contribution is 5.86. The molecule has 1 amide bonds. The number of nitrogens with one attached hydrogen (secondary N) is 1. The van der Waals surface area contributed by atoms with Crippen molar-refractivity contribution in [3.05, 3.63) is 28.2 Å². The minimum Gasteiger partial charge on any atom is -0.508 e. The molecule has 19 heavy (non-hydrogen) atoms. The van der Waals surface area contributed by atoms with Gasteiger partial charge in [0, 0.05) is 31.1 Å². The minimum absolute atomic E-state index is 0.0108. The second-order valence-electron chi connectivity index (χ2n) is 4.37. The molecule has 1 heterocycles. The number of carbonyl (C=O) groups excluding carboxylic acids is 1. The van der Waals surface area contributed by atoms with Crippen molar-refractivity contribution in [2.45, 2.75) is 32.9 Å². The summed E-state index contributed by atoms with van der Waals surface area (Å²) in [6.45, 7) is 3.54. The van der Waals surface area contributed by atoms with E-state index in [1.807, 2.05) is 0 Å². The van der Waals surface area contributed by atoms with E-state index in [4.69, 9.17) is 5.11 Å². The summed E-state index contributed by atoms with van der Waals surface area (Å²) in [5.41, 5.74) is -1.00. The number of amides is 1. The van der Waals surface area contributed by atoms with Crippen molar-refractivity contribution in [3.63, 3.8) is 0 Å². The summed E-state index contributed by atoms with van der Waals surface area (Å²) < 4.78 is 0.946. The summed E-state index contributed by atoms with van der Waals surface area (Å²) in [7, 11) is 0. The topological polar surface area (TPSA) is 109 Å². The molecule has 0 aromatic carbocycles. The third-order valence-corrected chi connectivity index (χ3v) is 2.34. The third-order valence-electron chi connectivity index (χ3n) is 2.34. The van der Waals surface area contributed by atoms with Gasteiger partial charge in [-0.05, 0) is 13.8 Å². The van der Waals surface area contributed by atoms with E-state index >= 15 is 0 Å². The van der Waals surface area contributed by atoms with Crippen molar-refractivity contribution >= 4 is 11.9 Å². The Hall–Kier alpha value is -2.31. The SMILES string of the molecule is CC(C)NC(=O)CCn1c(C(=O)O)cc(O)cc1=O. The van der Waals surface area contributed by atoms with Crippen LogP contribution in [0.3, 0.4) is 0 Å². The maximum absolute atomic E-state index is 11.6. The zero-order chi connectivity index (χ0) is 14.6. The molecule has 1 aromatic heterocycles. The lowest BCUT2D eigenvalue weighted by Crippen LogP contribution is -2.33. The predicted molar refractivity (Wildman–Crippen MR) is 67.2 cm³/mol. The highest BCUT2D eigenvalue weighted by Crippen LogP contribution is 2.08. The Balaban J connectivity index is 2.92. The molecule has 0 spiro atoms. The molecule has 1 rings (SSSR count). The first-order valence-corrected chi connectivity index (χ1v) is 5.77. The van der Waals surface area contributed by atoms with Crippen LogP contribution in [-0.4, -0.2) is 32.7 Å². The molecule has 0 aliphatic rings. The first kappa shape index (κ1) is 14.7. The van der Waals surface area contributed by atoms with Gasteiger partial charge in [0.15, 0.2) is 0 Å². The van der Waals surface area contributed by atoms with E-state index < -0.39 is 17.3 Å². The smallest absolute Gasteiger partial charge is 0.352 e. The van der Waals surface area contributed by atoms with Crippen LogP contribution in [-0.2, 0) is 11.3 Å². The third kappa shape index (κ3) is 4.13. The van der Waals surface area contributed by atoms with Crippen molar-refractivity contribution in [1.29, 1.82) is 0 Å². The Morgan fingerprint density at radius 2 is 2.00 bits per heavy atom. The molecule has 0 saturated carbocycles. The maximum Gasteiger partial charge on any atom is 0.352 e. The standard InChI is InChI=1S/C12H16N2O5/c1-7(2)13-10(16)3-4-14-9(12(18)19)5-8(15)6-11(14)17/h5-7,15H,3-4H2,1-2H3,(H,13,16)(H,18,19). The molecule has 7 heteroatoms. The minimum atomic E-state index is -1.34. The largest absolute Gasteiger partial charge is 0.508 e. The summed E-state index contributed by atoms with van der Waals surface area (Å²) in [6.07, 6.45) is -0.0108. The van der Waals surface area contributed by atoms with Crippen molar-refractivity contribution in [2.24, 2.45) is 0 Å². The number of aromatic hydroxyl groups is 1. The fraction of sp³-hybridized carbons (Fsp3) is 0.417. The van der Waals surface area contributed by atoms with Crippen molar-refractivity contribution in [1.82, 2.24) is 9.88 Å². The lowest BCUT2D eigenvalue weighted by molar-refractivity contribution is -0.121. The van der Waals surface area contributed by atoms with E-state index in [2.05, 4.69) is 5.32 Å². The Bertz CT molecular complexity index is 548. The van der Waals surface area contributed by atoms with E-state index in [1.54, 1.807) is 13.8 Å². The van der Waals surface area contributed by atoms with Gasteiger partial charge in [-0.25, -0.2) is 4.79 Å². The van der Waals surface area contributed by atoms with Crippen LogP contribution < -0.4 is 10.9 Å².